The summed E-state index contributed by atoms with van der Waals surface area (Å²) in [5.74, 6) is 1.42. The van der Waals surface area contributed by atoms with Crippen molar-refractivity contribution in [3.63, 3.8) is 0 Å². The first kappa shape index (κ1) is 19.2. The van der Waals surface area contributed by atoms with Crippen LogP contribution in [0.5, 0.6) is 5.75 Å². The van der Waals surface area contributed by atoms with Gasteiger partial charge >= 0.3 is 0 Å². The van der Waals surface area contributed by atoms with Crippen molar-refractivity contribution in [2.45, 2.75) is 26.8 Å². The van der Waals surface area contributed by atoms with E-state index in [0.717, 1.165) is 12.2 Å². The van der Waals surface area contributed by atoms with E-state index in [1.807, 2.05) is 18.4 Å². The molecule has 1 aromatic carbocycles. The van der Waals surface area contributed by atoms with Crippen molar-refractivity contribution in [2.24, 2.45) is 4.99 Å². The topological polar surface area (TPSA) is 116 Å². The molecule has 26 heavy (non-hydrogen) atoms. The second kappa shape index (κ2) is 10.0. The van der Waals surface area contributed by atoms with E-state index in [1.165, 1.54) is 12.1 Å². The molecule has 0 saturated carbocycles. The Kier molecular flexibility index (Phi) is 7.41. The number of aryl methyl sites for hydroxylation is 1. The van der Waals surface area contributed by atoms with Gasteiger partial charge in [0.05, 0.1) is 0 Å². The number of hydrogen-bond donors (Lipinski definition) is 4. The molecule has 1 amide bonds. The van der Waals surface area contributed by atoms with Gasteiger partial charge in [-0.1, -0.05) is 6.92 Å². The van der Waals surface area contributed by atoms with Crippen LogP contribution in [0, 0.1) is 0 Å². The van der Waals surface area contributed by atoms with Crippen LogP contribution in [0.3, 0.4) is 0 Å². The van der Waals surface area contributed by atoms with Crippen molar-refractivity contribution >= 4 is 17.6 Å². The lowest BCUT2D eigenvalue weighted by Crippen LogP contribution is -2.39. The van der Waals surface area contributed by atoms with Crippen LogP contribution in [0.25, 0.3) is 0 Å². The molecule has 140 valence electrons. The Morgan fingerprint density at radius 1 is 1.23 bits per heavy atom. The number of aromatic hydroxyl groups is 1. The standard InChI is InChI=1S/C17H25N7O2/c1-3-15-23-21-12-24(15)10-9-19-17(18-4-2)20-11-16(26)22-13-5-7-14(25)8-6-13/h5-8,12,25H,3-4,9-11H2,1-2H3,(H,22,26)(H2,18,19,20). The maximum Gasteiger partial charge on any atom is 0.246 e. The molecule has 0 bridgehead atoms. The first-order valence-electron chi connectivity index (χ1n) is 8.60. The first-order valence-corrected chi connectivity index (χ1v) is 8.60. The molecule has 0 aliphatic carbocycles. The molecule has 9 heteroatoms. The smallest absolute Gasteiger partial charge is 0.246 e. The van der Waals surface area contributed by atoms with Crippen LogP contribution in [0.2, 0.25) is 0 Å². The van der Waals surface area contributed by atoms with E-state index in [0.29, 0.717) is 31.3 Å². The van der Waals surface area contributed by atoms with Gasteiger partial charge < -0.3 is 25.6 Å². The predicted octanol–water partition coefficient (Wildman–Crippen LogP) is 0.740. The Balaban J connectivity index is 1.83. The van der Waals surface area contributed by atoms with Crippen molar-refractivity contribution in [1.29, 1.82) is 0 Å². The third-order valence-electron chi connectivity index (χ3n) is 3.53. The zero-order chi connectivity index (χ0) is 18.8. The highest BCUT2D eigenvalue weighted by molar-refractivity contribution is 5.94. The molecule has 4 N–H and O–H groups in total. The fraction of sp³-hybridized carbons (Fsp3) is 0.412. The number of carbonyl (C=O) groups is 1. The van der Waals surface area contributed by atoms with E-state index in [-0.39, 0.29) is 18.2 Å². The highest BCUT2D eigenvalue weighted by atomic mass is 16.3. The fourth-order valence-corrected chi connectivity index (χ4v) is 2.27. The number of rotatable bonds is 8. The normalized spacial score (nSPS) is 11.2. The third-order valence-corrected chi connectivity index (χ3v) is 3.53. The van der Waals surface area contributed by atoms with Gasteiger partial charge in [-0.05, 0) is 31.2 Å². The minimum absolute atomic E-state index is 0.0109. The molecular weight excluding hydrogens is 334 g/mol. The molecule has 0 aliphatic heterocycles. The van der Waals surface area contributed by atoms with Crippen molar-refractivity contribution in [3.05, 3.63) is 36.4 Å². The second-order valence-corrected chi connectivity index (χ2v) is 5.51. The quantitative estimate of drug-likeness (QED) is 0.314. The lowest BCUT2D eigenvalue weighted by Gasteiger charge is -2.12. The van der Waals surface area contributed by atoms with Crippen LogP contribution in [-0.2, 0) is 17.8 Å². The molecule has 0 spiro atoms. The number of aromatic nitrogens is 3. The average Bonchev–Trinajstić information content (AvgIpc) is 3.09. The number of nitrogens with zero attached hydrogens (tertiary/aromatic N) is 4. The largest absolute Gasteiger partial charge is 0.508 e. The Morgan fingerprint density at radius 2 is 2.00 bits per heavy atom. The van der Waals surface area contributed by atoms with Crippen molar-refractivity contribution in [2.75, 3.05) is 25.0 Å². The number of phenolic OH excluding ortho intramolecular Hbond substituents is 1. The molecule has 0 saturated heterocycles. The fourth-order valence-electron chi connectivity index (χ4n) is 2.27. The summed E-state index contributed by atoms with van der Waals surface area (Å²) < 4.78 is 1.98. The summed E-state index contributed by atoms with van der Waals surface area (Å²) in [6.07, 6.45) is 2.53. The summed E-state index contributed by atoms with van der Waals surface area (Å²) in [5, 5.41) is 26.2. The van der Waals surface area contributed by atoms with Gasteiger partial charge in [-0.25, -0.2) is 4.99 Å². The summed E-state index contributed by atoms with van der Waals surface area (Å²) in [4.78, 5) is 16.3. The molecule has 2 aromatic rings. The van der Waals surface area contributed by atoms with E-state index in [9.17, 15) is 9.90 Å². The second-order valence-electron chi connectivity index (χ2n) is 5.51. The number of anilines is 1. The molecule has 1 heterocycles. The summed E-state index contributed by atoms with van der Waals surface area (Å²) in [6.45, 7) is 6.02. The van der Waals surface area contributed by atoms with Crippen LogP contribution in [-0.4, -0.2) is 51.4 Å². The molecule has 0 radical (unpaired) electrons. The van der Waals surface area contributed by atoms with Crippen LogP contribution < -0.4 is 16.0 Å². The minimum Gasteiger partial charge on any atom is -0.508 e. The van der Waals surface area contributed by atoms with E-state index in [2.05, 4.69) is 31.1 Å². The van der Waals surface area contributed by atoms with Gasteiger partial charge in [0.1, 0.15) is 24.4 Å². The Labute approximate surface area is 152 Å². The van der Waals surface area contributed by atoms with E-state index in [4.69, 9.17) is 0 Å². The van der Waals surface area contributed by atoms with E-state index in [1.54, 1.807) is 18.5 Å². The molecule has 2 rings (SSSR count). The number of guanidine groups is 1. The number of hydrogen-bond acceptors (Lipinski definition) is 5. The average molecular weight is 359 g/mol. The Morgan fingerprint density at radius 3 is 2.69 bits per heavy atom. The zero-order valence-corrected chi connectivity index (χ0v) is 15.1. The molecule has 0 aliphatic rings. The van der Waals surface area contributed by atoms with Crippen LogP contribution in [0.1, 0.15) is 19.7 Å². The molecule has 1 aromatic heterocycles. The lowest BCUT2D eigenvalue weighted by molar-refractivity contribution is -0.114. The van der Waals surface area contributed by atoms with Crippen LogP contribution in [0.15, 0.2) is 35.6 Å². The summed E-state index contributed by atoms with van der Waals surface area (Å²) in [6, 6.07) is 6.29. The number of phenols is 1. The summed E-state index contributed by atoms with van der Waals surface area (Å²) >= 11 is 0. The molecule has 9 nitrogen and oxygen atoms in total. The SMILES string of the molecule is CCNC(=NCC(=O)Nc1ccc(O)cc1)NCCn1cnnc1CC. The molecule has 0 fully saturated rings. The summed E-state index contributed by atoms with van der Waals surface area (Å²) in [7, 11) is 0. The van der Waals surface area contributed by atoms with Gasteiger partial charge in [0, 0.05) is 31.7 Å². The summed E-state index contributed by atoms with van der Waals surface area (Å²) in [5.41, 5.74) is 0.612. The number of nitrogens with one attached hydrogen (secondary N) is 3. The van der Waals surface area contributed by atoms with Crippen LogP contribution in [0.4, 0.5) is 5.69 Å². The maximum absolute atomic E-state index is 12.0. The van der Waals surface area contributed by atoms with Gasteiger partial charge in [-0.3, -0.25) is 4.79 Å². The maximum atomic E-state index is 12.0. The number of amides is 1. The highest BCUT2D eigenvalue weighted by Gasteiger charge is 2.05. The predicted molar refractivity (Wildman–Crippen MR) is 100 cm³/mol. The van der Waals surface area contributed by atoms with Crippen molar-refractivity contribution < 1.29 is 9.90 Å². The third kappa shape index (κ3) is 6.08. The number of benzene rings is 1. The van der Waals surface area contributed by atoms with Crippen molar-refractivity contribution in [1.82, 2.24) is 25.4 Å². The van der Waals surface area contributed by atoms with Gasteiger partial charge in [-0.15, -0.1) is 10.2 Å². The van der Waals surface area contributed by atoms with E-state index < -0.39 is 0 Å². The molecule has 0 unspecified atom stereocenters. The van der Waals surface area contributed by atoms with Crippen LogP contribution >= 0.6 is 0 Å². The van der Waals surface area contributed by atoms with Gasteiger partial charge in [0.25, 0.3) is 0 Å². The first-order chi connectivity index (χ1) is 12.6. The molecule has 0 atom stereocenters. The Bertz CT molecular complexity index is 725. The Hall–Kier alpha value is -3.10. The van der Waals surface area contributed by atoms with Gasteiger partial charge in [0.2, 0.25) is 5.91 Å². The van der Waals surface area contributed by atoms with E-state index >= 15 is 0 Å². The molecular formula is C17H25N7O2. The van der Waals surface area contributed by atoms with Gasteiger partial charge in [-0.2, -0.15) is 0 Å². The number of aliphatic imine (C=N–C) groups is 1. The zero-order valence-electron chi connectivity index (χ0n) is 15.1. The minimum atomic E-state index is -0.236. The number of carbonyl (C=O) groups excluding carboxylic acids is 1. The lowest BCUT2D eigenvalue weighted by atomic mass is 10.3. The highest BCUT2D eigenvalue weighted by Crippen LogP contribution is 2.13. The van der Waals surface area contributed by atoms with Crippen molar-refractivity contribution in [3.8, 4) is 5.75 Å². The van der Waals surface area contributed by atoms with Gasteiger partial charge in [0.15, 0.2) is 5.96 Å². The monoisotopic (exact) mass is 359 g/mol.